The first-order valence-electron chi connectivity index (χ1n) is 10.3. The molecule has 2 aliphatic carbocycles. The third-order valence-electron chi connectivity index (χ3n) is 6.83. The van der Waals surface area contributed by atoms with Crippen LogP contribution in [0.2, 0.25) is 0 Å². The molecule has 0 aliphatic heterocycles. The first-order chi connectivity index (χ1) is 12.5. The highest BCUT2D eigenvalue weighted by atomic mass is 19.4. The smallest absolute Gasteiger partial charge is 0.199 e. The first kappa shape index (κ1) is 22.8. The molecule has 0 nitrogen and oxygen atoms in total. The van der Waals surface area contributed by atoms with E-state index in [1.54, 1.807) is 0 Å². The Bertz CT molecular complexity index is 442. The minimum atomic E-state index is -6.22. The molecule has 0 amide bonds. The Morgan fingerprint density at radius 2 is 1.15 bits per heavy atom. The normalized spacial score (nSPS) is 31.1. The van der Waals surface area contributed by atoms with Gasteiger partial charge in [-0.3, -0.25) is 0 Å². The van der Waals surface area contributed by atoms with Crippen LogP contribution in [-0.4, -0.2) is 18.0 Å². The summed E-state index contributed by atoms with van der Waals surface area (Å²) in [6.45, 7) is 2.17. The summed E-state index contributed by atoms with van der Waals surface area (Å²) in [5.41, 5.74) is 0. The van der Waals surface area contributed by atoms with Gasteiger partial charge in [-0.25, -0.2) is 0 Å². The zero-order chi connectivity index (χ0) is 20.3. The van der Waals surface area contributed by atoms with Gasteiger partial charge in [0.15, 0.2) is 0 Å². The second-order valence-corrected chi connectivity index (χ2v) is 8.58. The zero-order valence-corrected chi connectivity index (χ0v) is 15.9. The molecule has 0 atom stereocenters. The maximum atomic E-state index is 13.9. The summed E-state index contributed by atoms with van der Waals surface area (Å²) >= 11 is 0. The van der Waals surface area contributed by atoms with Gasteiger partial charge in [-0.15, -0.1) is 0 Å². The lowest BCUT2D eigenvalue weighted by molar-refractivity contribution is -0.367. The molecule has 7 heteroatoms. The van der Waals surface area contributed by atoms with Crippen LogP contribution in [0.25, 0.3) is 0 Å². The minimum absolute atomic E-state index is 0.188. The van der Waals surface area contributed by atoms with Gasteiger partial charge in [0.1, 0.15) is 0 Å². The highest BCUT2D eigenvalue weighted by Gasteiger charge is 2.74. The third-order valence-corrected chi connectivity index (χ3v) is 6.83. The molecule has 2 aliphatic rings. The SMILES string of the molecule is CCCCC[C@H]1CC[C@H](C2CCC(C(F)(F)C(F)(F)C(F)(F)F)CC2)CC1. The lowest BCUT2D eigenvalue weighted by Crippen LogP contribution is -2.56. The number of rotatable bonds is 7. The van der Waals surface area contributed by atoms with E-state index in [0.717, 1.165) is 31.6 Å². The number of unbranched alkanes of at least 4 members (excludes halogenated alkanes) is 2. The van der Waals surface area contributed by atoms with Crippen molar-refractivity contribution in [2.45, 2.75) is 102 Å². The van der Waals surface area contributed by atoms with Crippen LogP contribution in [0.5, 0.6) is 0 Å². The summed E-state index contributed by atoms with van der Waals surface area (Å²) < 4.78 is 91.4. The average Bonchev–Trinajstić information content (AvgIpc) is 2.61. The fourth-order valence-corrected chi connectivity index (χ4v) is 5.03. The fourth-order valence-electron chi connectivity index (χ4n) is 5.03. The summed E-state index contributed by atoms with van der Waals surface area (Å²) in [4.78, 5) is 0. The van der Waals surface area contributed by atoms with Gasteiger partial charge < -0.3 is 0 Å². The molecule has 160 valence electrons. The van der Waals surface area contributed by atoms with E-state index in [0.29, 0.717) is 18.8 Å². The number of hydrogen-bond acceptors (Lipinski definition) is 0. The van der Waals surface area contributed by atoms with Crippen molar-refractivity contribution < 1.29 is 30.7 Å². The van der Waals surface area contributed by atoms with Crippen molar-refractivity contribution in [1.29, 1.82) is 0 Å². The second-order valence-electron chi connectivity index (χ2n) is 8.58. The van der Waals surface area contributed by atoms with E-state index in [1.165, 1.54) is 25.7 Å². The van der Waals surface area contributed by atoms with Gasteiger partial charge in [0, 0.05) is 5.92 Å². The molecule has 0 unspecified atom stereocenters. The Morgan fingerprint density at radius 1 is 0.667 bits per heavy atom. The van der Waals surface area contributed by atoms with E-state index in [9.17, 15) is 30.7 Å². The molecule has 0 aromatic rings. The molecule has 0 aromatic carbocycles. The molecular weight excluding hydrogens is 373 g/mol. The molecule has 0 radical (unpaired) electrons. The van der Waals surface area contributed by atoms with Crippen LogP contribution in [0, 0.1) is 23.7 Å². The number of hydrogen-bond donors (Lipinski definition) is 0. The maximum Gasteiger partial charge on any atom is 0.459 e. The van der Waals surface area contributed by atoms with Crippen LogP contribution in [0.4, 0.5) is 30.7 Å². The molecule has 0 bridgehead atoms. The lowest BCUT2D eigenvalue weighted by atomic mass is 9.67. The largest absolute Gasteiger partial charge is 0.459 e. The van der Waals surface area contributed by atoms with E-state index in [4.69, 9.17) is 0 Å². The highest BCUT2D eigenvalue weighted by Crippen LogP contribution is 2.54. The van der Waals surface area contributed by atoms with Crippen molar-refractivity contribution in [1.82, 2.24) is 0 Å². The van der Waals surface area contributed by atoms with Crippen LogP contribution in [0.3, 0.4) is 0 Å². The summed E-state index contributed by atoms with van der Waals surface area (Å²) in [5.74, 6) is -11.6. The molecular formula is C20H31F7. The quantitative estimate of drug-likeness (QED) is 0.298. The second kappa shape index (κ2) is 8.89. The van der Waals surface area contributed by atoms with Crippen LogP contribution in [0.1, 0.15) is 84.0 Å². The van der Waals surface area contributed by atoms with E-state index in [1.807, 2.05) is 0 Å². The predicted molar refractivity (Wildman–Crippen MR) is 91.0 cm³/mol. The Kier molecular flexibility index (Phi) is 7.51. The third kappa shape index (κ3) is 5.11. The maximum absolute atomic E-state index is 13.9. The minimum Gasteiger partial charge on any atom is -0.199 e. The number of alkyl halides is 7. The Balaban J connectivity index is 1.82. The average molecular weight is 404 g/mol. The summed E-state index contributed by atoms with van der Waals surface area (Å²) in [6.07, 6.45) is 3.14. The van der Waals surface area contributed by atoms with Gasteiger partial charge in [0.2, 0.25) is 0 Å². The molecule has 0 saturated heterocycles. The van der Waals surface area contributed by atoms with E-state index >= 15 is 0 Å². The first-order valence-corrected chi connectivity index (χ1v) is 10.3. The topological polar surface area (TPSA) is 0 Å². The van der Waals surface area contributed by atoms with Gasteiger partial charge in [-0.05, 0) is 56.3 Å². The van der Waals surface area contributed by atoms with Gasteiger partial charge in [0.25, 0.3) is 0 Å². The monoisotopic (exact) mass is 404 g/mol. The molecule has 0 spiro atoms. The Hall–Kier alpha value is -0.490. The van der Waals surface area contributed by atoms with E-state index < -0.39 is 23.9 Å². The van der Waals surface area contributed by atoms with Crippen LogP contribution in [0.15, 0.2) is 0 Å². The Morgan fingerprint density at radius 3 is 1.59 bits per heavy atom. The van der Waals surface area contributed by atoms with E-state index in [2.05, 4.69) is 6.92 Å². The molecule has 2 fully saturated rings. The molecule has 0 aromatic heterocycles. The van der Waals surface area contributed by atoms with Crippen LogP contribution >= 0.6 is 0 Å². The van der Waals surface area contributed by atoms with E-state index in [-0.39, 0.29) is 18.8 Å². The van der Waals surface area contributed by atoms with Crippen LogP contribution in [-0.2, 0) is 0 Å². The lowest BCUT2D eigenvalue weighted by Gasteiger charge is -2.41. The van der Waals surface area contributed by atoms with Crippen molar-refractivity contribution in [3.05, 3.63) is 0 Å². The molecule has 27 heavy (non-hydrogen) atoms. The number of halogens is 7. The molecule has 2 rings (SSSR count). The summed E-state index contributed by atoms with van der Waals surface area (Å²) in [6, 6.07) is 0. The zero-order valence-electron chi connectivity index (χ0n) is 15.9. The van der Waals surface area contributed by atoms with Gasteiger partial charge >= 0.3 is 18.0 Å². The van der Waals surface area contributed by atoms with Crippen molar-refractivity contribution in [3.8, 4) is 0 Å². The van der Waals surface area contributed by atoms with Crippen molar-refractivity contribution in [3.63, 3.8) is 0 Å². The highest BCUT2D eigenvalue weighted by molar-refractivity contribution is 4.97. The van der Waals surface area contributed by atoms with Gasteiger partial charge in [0.05, 0.1) is 0 Å². The van der Waals surface area contributed by atoms with Gasteiger partial charge in [-0.2, -0.15) is 30.7 Å². The molecule has 0 N–H and O–H groups in total. The van der Waals surface area contributed by atoms with Crippen LogP contribution < -0.4 is 0 Å². The van der Waals surface area contributed by atoms with Crippen molar-refractivity contribution >= 4 is 0 Å². The Labute approximate surface area is 157 Å². The van der Waals surface area contributed by atoms with Crippen molar-refractivity contribution in [2.24, 2.45) is 23.7 Å². The fraction of sp³-hybridized carbons (Fsp3) is 1.00. The summed E-state index contributed by atoms with van der Waals surface area (Å²) in [7, 11) is 0. The predicted octanol–water partition coefficient (Wildman–Crippen LogP) is 8.01. The molecule has 0 heterocycles. The standard InChI is InChI=1S/C20H31F7/c1-2-3-4-5-14-6-8-15(9-7-14)16-10-12-17(13-11-16)18(21,22)19(23,24)20(25,26)27/h14-17H,2-13H2,1H3/t14-,15-,16?,17?. The van der Waals surface area contributed by atoms with Gasteiger partial charge in [-0.1, -0.05) is 45.4 Å². The van der Waals surface area contributed by atoms with Crippen molar-refractivity contribution in [2.75, 3.05) is 0 Å². The molecule has 2 saturated carbocycles. The summed E-state index contributed by atoms with van der Waals surface area (Å²) in [5, 5.41) is 0.